The van der Waals surface area contributed by atoms with E-state index in [1.54, 1.807) is 11.8 Å². The first-order valence-corrected chi connectivity index (χ1v) is 12.1. The Labute approximate surface area is 192 Å². The van der Waals surface area contributed by atoms with Gasteiger partial charge in [0.25, 0.3) is 12.4 Å². The molecule has 1 aromatic rings. The van der Waals surface area contributed by atoms with Gasteiger partial charge in [0, 0.05) is 32.2 Å². The van der Waals surface area contributed by atoms with Crippen LogP contribution in [0.1, 0.15) is 53.9 Å². The predicted molar refractivity (Wildman–Crippen MR) is 118 cm³/mol. The van der Waals surface area contributed by atoms with E-state index in [1.807, 2.05) is 4.90 Å². The fourth-order valence-electron chi connectivity index (χ4n) is 4.91. The van der Waals surface area contributed by atoms with E-state index < -0.39 is 12.0 Å². The van der Waals surface area contributed by atoms with Crippen LogP contribution in [0.3, 0.4) is 0 Å². The van der Waals surface area contributed by atoms with E-state index in [0.717, 1.165) is 37.5 Å². The Bertz CT molecular complexity index is 776. The van der Waals surface area contributed by atoms with Gasteiger partial charge in [-0.3, -0.25) is 14.4 Å². The molecule has 0 unspecified atom stereocenters. The SMILES string of the molecule is Cc1nnsc1C(=O)N1CC[C@@H](O)[C@@H](C(=O)N2CCC(N3CCCCC3)CC2)C1.O=CO. The zero-order chi connectivity index (χ0) is 23.1. The molecule has 2 atom stereocenters. The number of aromatic nitrogens is 2. The standard InChI is InChI=1S/C20H31N5O3S.CH2O2/c1-14-18(29-22-21-14)20(28)25-12-7-17(26)16(13-25)19(27)24-10-5-15(6-11-24)23-8-3-2-4-9-23;2-1-3/h15-17,26H,2-13H2,1H3;1H,(H,2,3)/t16-,17+;/m0./s1. The smallest absolute Gasteiger partial charge is 0.290 e. The molecule has 0 aromatic carbocycles. The maximum atomic E-state index is 13.2. The molecule has 11 heteroatoms. The minimum Gasteiger partial charge on any atom is -0.483 e. The van der Waals surface area contributed by atoms with Crippen molar-refractivity contribution in [3.63, 3.8) is 0 Å². The predicted octanol–water partition coefficient (Wildman–Crippen LogP) is 0.847. The summed E-state index contributed by atoms with van der Waals surface area (Å²) in [5.41, 5.74) is 0.619. The van der Waals surface area contributed by atoms with Crippen LogP contribution in [0.5, 0.6) is 0 Å². The number of rotatable bonds is 3. The summed E-state index contributed by atoms with van der Waals surface area (Å²) in [7, 11) is 0. The number of nitrogens with zero attached hydrogens (tertiary/aromatic N) is 5. The lowest BCUT2D eigenvalue weighted by molar-refractivity contribution is -0.143. The summed E-state index contributed by atoms with van der Waals surface area (Å²) in [6.07, 6.45) is 5.65. The number of hydrogen-bond donors (Lipinski definition) is 2. The molecular formula is C21H33N5O5S. The van der Waals surface area contributed by atoms with E-state index in [9.17, 15) is 14.7 Å². The van der Waals surface area contributed by atoms with Crippen LogP contribution in [0, 0.1) is 12.8 Å². The van der Waals surface area contributed by atoms with E-state index in [-0.39, 0.29) is 24.8 Å². The average molecular weight is 468 g/mol. The molecule has 0 bridgehead atoms. The highest BCUT2D eigenvalue weighted by atomic mass is 32.1. The maximum absolute atomic E-state index is 13.2. The van der Waals surface area contributed by atoms with Crippen molar-refractivity contribution in [1.29, 1.82) is 0 Å². The first-order valence-electron chi connectivity index (χ1n) is 11.3. The third-order valence-electron chi connectivity index (χ3n) is 6.71. The van der Waals surface area contributed by atoms with Gasteiger partial charge in [-0.2, -0.15) is 0 Å². The lowest BCUT2D eigenvalue weighted by atomic mass is 9.91. The lowest BCUT2D eigenvalue weighted by Crippen LogP contribution is -2.55. The largest absolute Gasteiger partial charge is 0.483 e. The summed E-state index contributed by atoms with van der Waals surface area (Å²) in [5, 5.41) is 21.3. The highest BCUT2D eigenvalue weighted by Gasteiger charge is 2.39. The van der Waals surface area contributed by atoms with Crippen LogP contribution < -0.4 is 0 Å². The summed E-state index contributed by atoms with van der Waals surface area (Å²) >= 11 is 1.09. The summed E-state index contributed by atoms with van der Waals surface area (Å²) in [4.78, 5) is 41.0. The topological polar surface area (TPSA) is 127 Å². The Hall–Kier alpha value is -2.11. The van der Waals surface area contributed by atoms with Crippen molar-refractivity contribution in [2.45, 2.75) is 57.6 Å². The zero-order valence-corrected chi connectivity index (χ0v) is 19.4. The number of likely N-dealkylation sites (tertiary alicyclic amines) is 3. The number of aliphatic hydroxyl groups excluding tert-OH is 1. The first-order chi connectivity index (χ1) is 15.5. The minimum absolute atomic E-state index is 0.00811. The molecule has 3 saturated heterocycles. The van der Waals surface area contributed by atoms with Crippen LogP contribution in [0.15, 0.2) is 0 Å². The molecule has 2 N–H and O–H groups in total. The number of carboxylic acid groups (broad SMARTS) is 1. The van der Waals surface area contributed by atoms with Gasteiger partial charge in [0.1, 0.15) is 4.88 Å². The quantitative estimate of drug-likeness (QED) is 0.627. The monoisotopic (exact) mass is 467 g/mol. The molecule has 2 amide bonds. The number of hydrogen-bond acceptors (Lipinski definition) is 8. The number of amides is 2. The van der Waals surface area contributed by atoms with Crippen LogP contribution in [0.2, 0.25) is 0 Å². The van der Waals surface area contributed by atoms with Gasteiger partial charge in [-0.05, 0) is 63.6 Å². The van der Waals surface area contributed by atoms with Gasteiger partial charge in [-0.1, -0.05) is 10.9 Å². The maximum Gasteiger partial charge on any atom is 0.290 e. The number of piperidine rings is 3. The number of carbonyl (C=O) groups is 3. The highest BCUT2D eigenvalue weighted by Crippen LogP contribution is 2.26. The Morgan fingerprint density at radius 1 is 1.03 bits per heavy atom. The van der Waals surface area contributed by atoms with Crippen molar-refractivity contribution in [3.8, 4) is 0 Å². The van der Waals surface area contributed by atoms with Gasteiger partial charge in [0.05, 0.1) is 17.7 Å². The van der Waals surface area contributed by atoms with Gasteiger partial charge in [0.2, 0.25) is 5.91 Å². The van der Waals surface area contributed by atoms with Crippen molar-refractivity contribution in [3.05, 3.63) is 10.6 Å². The molecule has 10 nitrogen and oxygen atoms in total. The van der Waals surface area contributed by atoms with Gasteiger partial charge in [-0.25, -0.2) is 0 Å². The lowest BCUT2D eigenvalue weighted by Gasteiger charge is -2.42. The third-order valence-corrected chi connectivity index (χ3v) is 7.53. The van der Waals surface area contributed by atoms with Crippen molar-refractivity contribution in [1.82, 2.24) is 24.3 Å². The van der Waals surface area contributed by atoms with Crippen LogP contribution in [0.25, 0.3) is 0 Å². The molecule has 3 aliphatic heterocycles. The van der Waals surface area contributed by atoms with E-state index >= 15 is 0 Å². The van der Waals surface area contributed by atoms with E-state index in [0.29, 0.717) is 29.6 Å². The second kappa shape index (κ2) is 11.7. The Morgan fingerprint density at radius 2 is 1.66 bits per heavy atom. The molecule has 0 aliphatic carbocycles. The summed E-state index contributed by atoms with van der Waals surface area (Å²) in [6.45, 7) is 6.10. The molecule has 0 radical (unpaired) electrons. The molecule has 4 rings (SSSR count). The van der Waals surface area contributed by atoms with E-state index in [1.165, 1.54) is 32.4 Å². The molecule has 3 fully saturated rings. The first kappa shape index (κ1) is 24.5. The van der Waals surface area contributed by atoms with Gasteiger partial charge < -0.3 is 24.9 Å². The molecule has 4 heterocycles. The van der Waals surface area contributed by atoms with Crippen LogP contribution >= 0.6 is 11.5 Å². The van der Waals surface area contributed by atoms with Crippen molar-refractivity contribution in [2.24, 2.45) is 5.92 Å². The summed E-state index contributed by atoms with van der Waals surface area (Å²) in [6, 6.07) is 0.579. The van der Waals surface area contributed by atoms with Crippen molar-refractivity contribution >= 4 is 29.8 Å². The second-order valence-corrected chi connectivity index (χ2v) is 9.41. The van der Waals surface area contributed by atoms with Gasteiger partial charge in [-0.15, -0.1) is 5.10 Å². The van der Waals surface area contributed by atoms with Crippen LogP contribution in [-0.2, 0) is 9.59 Å². The molecule has 32 heavy (non-hydrogen) atoms. The zero-order valence-electron chi connectivity index (χ0n) is 18.6. The fourth-order valence-corrected chi connectivity index (χ4v) is 5.53. The van der Waals surface area contributed by atoms with Crippen LogP contribution in [-0.4, -0.2) is 104 Å². The number of aryl methyl sites for hydroxylation is 1. The molecule has 0 saturated carbocycles. The normalized spacial score (nSPS) is 25.1. The number of carbonyl (C=O) groups excluding carboxylic acids is 2. The van der Waals surface area contributed by atoms with Crippen molar-refractivity contribution in [2.75, 3.05) is 39.3 Å². The highest BCUT2D eigenvalue weighted by molar-refractivity contribution is 7.07. The third kappa shape index (κ3) is 5.81. The molecule has 1 aromatic heterocycles. The van der Waals surface area contributed by atoms with Gasteiger partial charge in [0.15, 0.2) is 0 Å². The van der Waals surface area contributed by atoms with E-state index in [4.69, 9.17) is 9.90 Å². The van der Waals surface area contributed by atoms with Gasteiger partial charge >= 0.3 is 0 Å². The average Bonchev–Trinajstić information content (AvgIpc) is 3.25. The molecule has 3 aliphatic rings. The van der Waals surface area contributed by atoms with Crippen molar-refractivity contribution < 1.29 is 24.6 Å². The molecular weight excluding hydrogens is 434 g/mol. The summed E-state index contributed by atoms with van der Waals surface area (Å²) in [5.74, 6) is -0.683. The second-order valence-electron chi connectivity index (χ2n) is 8.66. The summed E-state index contributed by atoms with van der Waals surface area (Å²) < 4.78 is 3.84. The fraction of sp³-hybridized carbons (Fsp3) is 0.762. The molecule has 178 valence electrons. The Kier molecular flexibility index (Phi) is 8.94. The minimum atomic E-state index is -0.688. The Balaban J connectivity index is 0.000000913. The van der Waals surface area contributed by atoms with Crippen LogP contribution in [0.4, 0.5) is 0 Å². The van der Waals surface area contributed by atoms with E-state index in [2.05, 4.69) is 14.5 Å². The Morgan fingerprint density at radius 3 is 2.25 bits per heavy atom. The molecule has 0 spiro atoms. The number of aliphatic hydroxyl groups is 1.